The van der Waals surface area contributed by atoms with Crippen molar-refractivity contribution in [1.82, 2.24) is 0 Å². The first-order valence-corrected chi connectivity index (χ1v) is 6.82. The fourth-order valence-electron chi connectivity index (χ4n) is 1.52. The zero-order valence-corrected chi connectivity index (χ0v) is 12.3. The standard InChI is InChI=1S/C12H13BrClNO3/c1-6(2)11(13)12(16)15-8-4-10-9(3-7(8)14)17-5-18-10/h3-4,6,11H,5H2,1-2H3,(H,15,16). The summed E-state index contributed by atoms with van der Waals surface area (Å²) in [5.74, 6) is 1.24. The highest BCUT2D eigenvalue weighted by atomic mass is 79.9. The van der Waals surface area contributed by atoms with Crippen molar-refractivity contribution >= 4 is 39.1 Å². The third-order valence-corrected chi connectivity index (χ3v) is 4.34. The average Bonchev–Trinajstić information content (AvgIpc) is 2.75. The summed E-state index contributed by atoms with van der Waals surface area (Å²) in [6.07, 6.45) is 0. The molecule has 1 aliphatic heterocycles. The van der Waals surface area contributed by atoms with Gasteiger partial charge >= 0.3 is 0 Å². The monoisotopic (exact) mass is 333 g/mol. The maximum atomic E-state index is 11.9. The highest BCUT2D eigenvalue weighted by Gasteiger charge is 2.22. The number of amides is 1. The number of carbonyl (C=O) groups excluding carboxylic acids is 1. The van der Waals surface area contributed by atoms with Gasteiger partial charge in [0.15, 0.2) is 11.5 Å². The van der Waals surface area contributed by atoms with Crippen molar-refractivity contribution in [3.63, 3.8) is 0 Å². The van der Waals surface area contributed by atoms with E-state index in [1.54, 1.807) is 12.1 Å². The molecular weight excluding hydrogens is 321 g/mol. The van der Waals surface area contributed by atoms with Crippen LogP contribution in [0.25, 0.3) is 0 Å². The highest BCUT2D eigenvalue weighted by Crippen LogP contribution is 2.39. The maximum absolute atomic E-state index is 11.9. The van der Waals surface area contributed by atoms with Gasteiger partial charge in [0, 0.05) is 12.1 Å². The fourth-order valence-corrected chi connectivity index (χ4v) is 1.83. The van der Waals surface area contributed by atoms with Crippen molar-refractivity contribution in [1.29, 1.82) is 0 Å². The molecule has 1 aliphatic rings. The van der Waals surface area contributed by atoms with Crippen LogP contribution in [0.3, 0.4) is 0 Å². The summed E-state index contributed by atoms with van der Waals surface area (Å²) >= 11 is 9.41. The molecule has 2 rings (SSSR count). The van der Waals surface area contributed by atoms with Gasteiger partial charge in [-0.25, -0.2) is 0 Å². The van der Waals surface area contributed by atoms with Crippen molar-refractivity contribution in [2.75, 3.05) is 12.1 Å². The Balaban J connectivity index is 2.17. The summed E-state index contributed by atoms with van der Waals surface area (Å²) in [5, 5.41) is 3.19. The molecule has 0 radical (unpaired) electrons. The van der Waals surface area contributed by atoms with Crippen LogP contribution in [-0.4, -0.2) is 17.5 Å². The Hall–Kier alpha value is -0.940. The van der Waals surface area contributed by atoms with Gasteiger partial charge in [-0.3, -0.25) is 4.79 Å². The molecule has 0 saturated carbocycles. The smallest absolute Gasteiger partial charge is 0.238 e. The van der Waals surface area contributed by atoms with Gasteiger partial charge in [0.25, 0.3) is 0 Å². The zero-order valence-electron chi connectivity index (χ0n) is 10.00. The summed E-state index contributed by atoms with van der Waals surface area (Å²) in [6.45, 7) is 4.09. The minimum absolute atomic E-state index is 0.134. The van der Waals surface area contributed by atoms with E-state index >= 15 is 0 Å². The van der Waals surface area contributed by atoms with Gasteiger partial charge in [-0.15, -0.1) is 0 Å². The Morgan fingerprint density at radius 3 is 2.61 bits per heavy atom. The van der Waals surface area contributed by atoms with E-state index in [9.17, 15) is 4.79 Å². The van der Waals surface area contributed by atoms with E-state index in [4.69, 9.17) is 21.1 Å². The lowest BCUT2D eigenvalue weighted by Crippen LogP contribution is -2.27. The topological polar surface area (TPSA) is 47.6 Å². The molecule has 0 bridgehead atoms. The molecule has 0 saturated heterocycles. The van der Waals surface area contributed by atoms with E-state index in [2.05, 4.69) is 21.2 Å². The molecule has 98 valence electrons. The largest absolute Gasteiger partial charge is 0.454 e. The molecule has 18 heavy (non-hydrogen) atoms. The zero-order chi connectivity index (χ0) is 13.3. The van der Waals surface area contributed by atoms with Gasteiger partial charge in [0.1, 0.15) is 0 Å². The number of carbonyl (C=O) groups is 1. The molecule has 0 fully saturated rings. The van der Waals surface area contributed by atoms with Gasteiger partial charge in [0.05, 0.1) is 15.5 Å². The average molecular weight is 335 g/mol. The van der Waals surface area contributed by atoms with E-state index in [-0.39, 0.29) is 23.4 Å². The van der Waals surface area contributed by atoms with Crippen LogP contribution in [-0.2, 0) is 4.79 Å². The van der Waals surface area contributed by atoms with Crippen molar-refractivity contribution < 1.29 is 14.3 Å². The quantitative estimate of drug-likeness (QED) is 0.862. The van der Waals surface area contributed by atoms with Crippen LogP contribution in [0.5, 0.6) is 11.5 Å². The molecule has 1 aromatic carbocycles. The number of anilines is 1. The second kappa shape index (κ2) is 5.36. The number of halogens is 2. The van der Waals surface area contributed by atoms with Crippen LogP contribution >= 0.6 is 27.5 Å². The van der Waals surface area contributed by atoms with E-state index in [0.717, 1.165) is 0 Å². The Morgan fingerprint density at radius 1 is 1.39 bits per heavy atom. The molecule has 0 aliphatic carbocycles. The van der Waals surface area contributed by atoms with Gasteiger partial charge in [-0.2, -0.15) is 0 Å². The molecule has 1 amide bonds. The van der Waals surface area contributed by atoms with Crippen molar-refractivity contribution in [3.8, 4) is 11.5 Å². The summed E-state index contributed by atoms with van der Waals surface area (Å²) < 4.78 is 10.4. The summed E-state index contributed by atoms with van der Waals surface area (Å²) in [6, 6.07) is 3.31. The molecule has 6 heteroatoms. The third kappa shape index (κ3) is 2.72. The molecule has 1 unspecified atom stereocenters. The Kier molecular flexibility index (Phi) is 4.02. The normalized spacial score (nSPS) is 14.7. The van der Waals surface area contributed by atoms with Crippen LogP contribution < -0.4 is 14.8 Å². The lowest BCUT2D eigenvalue weighted by molar-refractivity contribution is -0.116. The van der Waals surface area contributed by atoms with E-state index in [0.29, 0.717) is 22.2 Å². The van der Waals surface area contributed by atoms with Crippen LogP contribution in [0.1, 0.15) is 13.8 Å². The van der Waals surface area contributed by atoms with Gasteiger partial charge in [0.2, 0.25) is 12.7 Å². The van der Waals surface area contributed by atoms with E-state index in [1.807, 2.05) is 13.8 Å². The Morgan fingerprint density at radius 2 is 2.00 bits per heavy atom. The first-order valence-electron chi connectivity index (χ1n) is 5.53. The minimum atomic E-state index is -0.265. The highest BCUT2D eigenvalue weighted by molar-refractivity contribution is 9.10. The van der Waals surface area contributed by atoms with Crippen LogP contribution in [0.15, 0.2) is 12.1 Å². The molecule has 1 N–H and O–H groups in total. The Labute approximate surface area is 119 Å². The number of ether oxygens (including phenoxy) is 2. The SMILES string of the molecule is CC(C)C(Br)C(=O)Nc1cc2c(cc1Cl)OCO2. The van der Waals surface area contributed by atoms with E-state index in [1.165, 1.54) is 0 Å². The molecule has 0 spiro atoms. The number of rotatable bonds is 3. The third-order valence-electron chi connectivity index (χ3n) is 2.56. The lowest BCUT2D eigenvalue weighted by atomic mass is 10.1. The van der Waals surface area contributed by atoms with Crippen molar-refractivity contribution in [2.24, 2.45) is 5.92 Å². The predicted octanol–water partition coefficient (Wildman–Crippen LogP) is 3.43. The van der Waals surface area contributed by atoms with Gasteiger partial charge in [-0.05, 0) is 5.92 Å². The maximum Gasteiger partial charge on any atom is 0.238 e. The van der Waals surface area contributed by atoms with Crippen LogP contribution in [0.2, 0.25) is 5.02 Å². The molecule has 0 aromatic heterocycles. The predicted molar refractivity (Wildman–Crippen MR) is 73.8 cm³/mol. The number of benzene rings is 1. The number of fused-ring (bicyclic) bond motifs is 1. The van der Waals surface area contributed by atoms with Crippen LogP contribution in [0.4, 0.5) is 5.69 Å². The van der Waals surface area contributed by atoms with Crippen molar-refractivity contribution in [2.45, 2.75) is 18.7 Å². The van der Waals surface area contributed by atoms with Crippen LogP contribution in [0, 0.1) is 5.92 Å². The molecular formula is C12H13BrClNO3. The second-order valence-electron chi connectivity index (χ2n) is 4.32. The fraction of sp³-hybridized carbons (Fsp3) is 0.417. The number of nitrogens with one attached hydrogen (secondary N) is 1. The minimum Gasteiger partial charge on any atom is -0.454 e. The van der Waals surface area contributed by atoms with Gasteiger partial charge in [-0.1, -0.05) is 41.4 Å². The molecule has 1 aromatic rings. The van der Waals surface area contributed by atoms with E-state index < -0.39 is 0 Å². The summed E-state index contributed by atoms with van der Waals surface area (Å²) in [7, 11) is 0. The first kappa shape index (κ1) is 13.5. The molecule has 1 heterocycles. The molecule has 1 atom stereocenters. The second-order valence-corrected chi connectivity index (χ2v) is 5.71. The summed E-state index contributed by atoms with van der Waals surface area (Å²) in [4.78, 5) is 11.7. The summed E-state index contributed by atoms with van der Waals surface area (Å²) in [5.41, 5.74) is 0.524. The first-order chi connectivity index (χ1) is 8.49. The number of hydrogen-bond donors (Lipinski definition) is 1. The lowest BCUT2D eigenvalue weighted by Gasteiger charge is -2.14. The van der Waals surface area contributed by atoms with Gasteiger partial charge < -0.3 is 14.8 Å². The molecule has 4 nitrogen and oxygen atoms in total. The van der Waals surface area contributed by atoms with Crippen molar-refractivity contribution in [3.05, 3.63) is 17.2 Å². The number of alkyl halides is 1. The Bertz CT molecular complexity index is 479. The number of hydrogen-bond acceptors (Lipinski definition) is 3.